The summed E-state index contributed by atoms with van der Waals surface area (Å²) in [5.74, 6) is 0.540. The van der Waals surface area contributed by atoms with Crippen molar-refractivity contribution in [3.8, 4) is 11.3 Å². The molecule has 3 aromatic heterocycles. The molecule has 4 rings (SSSR count). The second-order valence-electron chi connectivity index (χ2n) is 6.15. The van der Waals surface area contributed by atoms with E-state index in [0.717, 1.165) is 30.0 Å². The van der Waals surface area contributed by atoms with Gasteiger partial charge in [0.15, 0.2) is 5.82 Å². The Morgan fingerprint density at radius 1 is 1.22 bits per heavy atom. The number of halogens is 1. The fourth-order valence-electron chi connectivity index (χ4n) is 3.41. The van der Waals surface area contributed by atoms with E-state index in [0.29, 0.717) is 17.3 Å². The van der Waals surface area contributed by atoms with Gasteiger partial charge in [-0.3, -0.25) is 9.38 Å². The molecule has 0 radical (unpaired) electrons. The lowest BCUT2D eigenvalue weighted by atomic mass is 10.1. The maximum atomic E-state index is 14.3. The zero-order valence-corrected chi connectivity index (χ0v) is 13.1. The number of hydrogen-bond acceptors (Lipinski definition) is 3. The Morgan fingerprint density at radius 2 is 2.04 bits per heavy atom. The van der Waals surface area contributed by atoms with Crippen LogP contribution in [0.5, 0.6) is 0 Å². The Hall–Kier alpha value is -2.43. The van der Waals surface area contributed by atoms with Crippen LogP contribution in [-0.4, -0.2) is 20.4 Å². The maximum absolute atomic E-state index is 14.3. The molecule has 3 heterocycles. The average molecular weight is 310 g/mol. The molecule has 118 valence electrons. The third-order valence-corrected chi connectivity index (χ3v) is 4.56. The predicted octanol–water partition coefficient (Wildman–Crippen LogP) is 4.20. The lowest BCUT2D eigenvalue weighted by molar-refractivity contribution is 0.624. The summed E-state index contributed by atoms with van der Waals surface area (Å²) < 4.78 is 16.3. The van der Waals surface area contributed by atoms with E-state index < -0.39 is 0 Å². The number of hydrogen-bond donors (Lipinski definition) is 1. The highest BCUT2D eigenvalue weighted by molar-refractivity contribution is 5.77. The van der Waals surface area contributed by atoms with E-state index >= 15 is 0 Å². The number of pyridine rings is 2. The van der Waals surface area contributed by atoms with E-state index in [1.807, 2.05) is 25.1 Å². The summed E-state index contributed by atoms with van der Waals surface area (Å²) >= 11 is 0. The summed E-state index contributed by atoms with van der Waals surface area (Å²) in [5.41, 5.74) is 3.06. The maximum Gasteiger partial charge on any atom is 0.151 e. The van der Waals surface area contributed by atoms with Gasteiger partial charge in [0.05, 0.1) is 6.20 Å². The first-order valence-electron chi connectivity index (χ1n) is 8.08. The van der Waals surface area contributed by atoms with Gasteiger partial charge in [0.25, 0.3) is 0 Å². The molecule has 0 unspecified atom stereocenters. The van der Waals surface area contributed by atoms with Crippen molar-refractivity contribution >= 4 is 11.5 Å². The minimum absolute atomic E-state index is 0.344. The fourth-order valence-corrected chi connectivity index (χ4v) is 3.41. The number of rotatable bonds is 3. The number of aryl methyl sites for hydroxylation is 1. The molecular formula is C18H19FN4. The van der Waals surface area contributed by atoms with Crippen LogP contribution in [0.25, 0.3) is 16.9 Å². The molecule has 3 aromatic rings. The van der Waals surface area contributed by atoms with Crippen molar-refractivity contribution in [2.45, 2.75) is 38.6 Å². The standard InChI is InChI=1S/C18H19FN4/c1-12-5-4-8-16-22-17(14-9-10-20-11-15(14)19)18(23(12)16)21-13-6-2-3-7-13/h4-5,8-11,13,21H,2-3,6-7H2,1H3. The van der Waals surface area contributed by atoms with Crippen molar-refractivity contribution in [3.05, 3.63) is 48.2 Å². The van der Waals surface area contributed by atoms with Crippen LogP contribution in [0.3, 0.4) is 0 Å². The lowest BCUT2D eigenvalue weighted by Crippen LogP contribution is -2.17. The van der Waals surface area contributed by atoms with Gasteiger partial charge in [0.2, 0.25) is 0 Å². The molecule has 0 saturated heterocycles. The Balaban J connectivity index is 1.92. The zero-order valence-electron chi connectivity index (χ0n) is 13.1. The summed E-state index contributed by atoms with van der Waals surface area (Å²) in [6, 6.07) is 8.09. The van der Waals surface area contributed by atoms with E-state index in [4.69, 9.17) is 0 Å². The van der Waals surface area contributed by atoms with Crippen LogP contribution in [0.2, 0.25) is 0 Å². The number of anilines is 1. The number of nitrogens with zero attached hydrogens (tertiary/aromatic N) is 3. The Kier molecular flexibility index (Phi) is 3.48. The van der Waals surface area contributed by atoms with Crippen LogP contribution in [0.1, 0.15) is 31.4 Å². The van der Waals surface area contributed by atoms with Crippen molar-refractivity contribution < 1.29 is 4.39 Å². The summed E-state index contributed by atoms with van der Waals surface area (Å²) in [4.78, 5) is 8.52. The highest BCUT2D eigenvalue weighted by Gasteiger charge is 2.22. The Bertz CT molecular complexity index is 849. The smallest absolute Gasteiger partial charge is 0.151 e. The van der Waals surface area contributed by atoms with E-state index in [1.165, 1.54) is 19.0 Å². The summed E-state index contributed by atoms with van der Waals surface area (Å²) in [6.07, 6.45) is 7.63. The molecule has 5 heteroatoms. The van der Waals surface area contributed by atoms with Gasteiger partial charge in [-0.15, -0.1) is 0 Å². The molecule has 0 atom stereocenters. The van der Waals surface area contributed by atoms with Crippen molar-refractivity contribution in [1.82, 2.24) is 14.4 Å². The fraction of sp³-hybridized carbons (Fsp3) is 0.333. The van der Waals surface area contributed by atoms with Crippen molar-refractivity contribution in [3.63, 3.8) is 0 Å². The molecule has 1 N–H and O–H groups in total. The molecule has 0 aliphatic heterocycles. The van der Waals surface area contributed by atoms with Crippen LogP contribution < -0.4 is 5.32 Å². The van der Waals surface area contributed by atoms with Gasteiger partial charge in [0.1, 0.15) is 17.2 Å². The second-order valence-corrected chi connectivity index (χ2v) is 6.15. The van der Waals surface area contributed by atoms with Crippen molar-refractivity contribution in [1.29, 1.82) is 0 Å². The molecule has 1 saturated carbocycles. The molecule has 4 nitrogen and oxygen atoms in total. The number of nitrogens with one attached hydrogen (secondary N) is 1. The molecule has 1 aliphatic carbocycles. The SMILES string of the molecule is Cc1cccc2nc(-c3ccncc3F)c(NC3CCCC3)n12. The molecule has 23 heavy (non-hydrogen) atoms. The van der Waals surface area contributed by atoms with Gasteiger partial charge in [-0.1, -0.05) is 18.9 Å². The number of aromatic nitrogens is 3. The summed E-state index contributed by atoms with van der Waals surface area (Å²) in [5, 5.41) is 3.61. The van der Waals surface area contributed by atoms with Crippen LogP contribution in [-0.2, 0) is 0 Å². The Labute approximate surface area is 134 Å². The normalized spacial score (nSPS) is 15.4. The van der Waals surface area contributed by atoms with Gasteiger partial charge in [-0.2, -0.15) is 0 Å². The second kappa shape index (κ2) is 5.65. The van der Waals surface area contributed by atoms with E-state index in [9.17, 15) is 4.39 Å². The van der Waals surface area contributed by atoms with Crippen molar-refractivity contribution in [2.24, 2.45) is 0 Å². The van der Waals surface area contributed by atoms with Gasteiger partial charge in [0, 0.05) is 23.5 Å². The van der Waals surface area contributed by atoms with Crippen LogP contribution >= 0.6 is 0 Å². The lowest BCUT2D eigenvalue weighted by Gasteiger charge is -2.16. The number of fused-ring (bicyclic) bond motifs is 1. The molecule has 0 aromatic carbocycles. The third kappa shape index (κ3) is 2.46. The largest absolute Gasteiger partial charge is 0.367 e. The first-order valence-corrected chi connectivity index (χ1v) is 8.08. The van der Waals surface area contributed by atoms with E-state index in [-0.39, 0.29) is 5.82 Å². The predicted molar refractivity (Wildman–Crippen MR) is 89.0 cm³/mol. The molecule has 0 bridgehead atoms. The minimum atomic E-state index is -0.344. The highest BCUT2D eigenvalue weighted by Crippen LogP contribution is 2.33. The zero-order chi connectivity index (χ0) is 15.8. The summed E-state index contributed by atoms with van der Waals surface area (Å²) in [6.45, 7) is 2.04. The van der Waals surface area contributed by atoms with E-state index in [1.54, 1.807) is 12.3 Å². The first-order chi connectivity index (χ1) is 11.2. The van der Waals surface area contributed by atoms with Gasteiger partial charge >= 0.3 is 0 Å². The summed E-state index contributed by atoms with van der Waals surface area (Å²) in [7, 11) is 0. The van der Waals surface area contributed by atoms with Crippen LogP contribution in [0, 0.1) is 12.7 Å². The third-order valence-electron chi connectivity index (χ3n) is 4.56. The van der Waals surface area contributed by atoms with Gasteiger partial charge < -0.3 is 5.32 Å². The molecular weight excluding hydrogens is 291 g/mol. The quantitative estimate of drug-likeness (QED) is 0.788. The first kappa shape index (κ1) is 14.2. The average Bonchev–Trinajstić information content (AvgIpc) is 3.17. The monoisotopic (exact) mass is 310 g/mol. The topological polar surface area (TPSA) is 42.2 Å². The Morgan fingerprint density at radius 3 is 2.83 bits per heavy atom. The minimum Gasteiger partial charge on any atom is -0.367 e. The van der Waals surface area contributed by atoms with E-state index in [2.05, 4.69) is 19.7 Å². The van der Waals surface area contributed by atoms with Gasteiger partial charge in [-0.05, 0) is 38.0 Å². The van der Waals surface area contributed by atoms with Gasteiger partial charge in [-0.25, -0.2) is 9.37 Å². The molecule has 1 fully saturated rings. The van der Waals surface area contributed by atoms with Crippen LogP contribution in [0.4, 0.5) is 10.2 Å². The van der Waals surface area contributed by atoms with Crippen LogP contribution in [0.15, 0.2) is 36.7 Å². The number of imidazole rings is 1. The van der Waals surface area contributed by atoms with Crippen molar-refractivity contribution in [2.75, 3.05) is 5.32 Å². The molecule has 0 spiro atoms. The molecule has 1 aliphatic rings. The molecule has 0 amide bonds. The highest BCUT2D eigenvalue weighted by atomic mass is 19.1.